The molecule has 1 rings (SSSR count). The van der Waals surface area contributed by atoms with Gasteiger partial charge in [-0.1, -0.05) is 45.5 Å². The summed E-state index contributed by atoms with van der Waals surface area (Å²) >= 11 is 1.28. The van der Waals surface area contributed by atoms with Crippen LogP contribution in [0.15, 0.2) is 0 Å². The Labute approximate surface area is 119 Å². The van der Waals surface area contributed by atoms with Gasteiger partial charge in [-0.25, -0.2) is 9.78 Å². The molecule has 1 aromatic rings. The smallest absolute Gasteiger partial charge is 0.347 e. The molecular formula is C14H24N2O2S. The number of carbonyl (C=O) groups is 1. The predicted molar refractivity (Wildman–Crippen MR) is 80.4 cm³/mol. The Morgan fingerprint density at radius 1 is 1.47 bits per heavy atom. The maximum absolute atomic E-state index is 11.3. The zero-order valence-electron chi connectivity index (χ0n) is 12.6. The molecule has 1 atom stereocenters. The summed E-state index contributed by atoms with van der Waals surface area (Å²) in [6.45, 7) is 10.7. The van der Waals surface area contributed by atoms with Crippen molar-refractivity contribution in [3.8, 4) is 0 Å². The Morgan fingerprint density at radius 2 is 2.05 bits per heavy atom. The van der Waals surface area contributed by atoms with Crippen LogP contribution in [0.2, 0.25) is 0 Å². The number of thiazole rings is 1. The molecule has 0 spiro atoms. The number of nitrogens with zero attached hydrogens (tertiary/aromatic N) is 2. The number of hydrogen-bond acceptors (Lipinski definition) is 4. The summed E-state index contributed by atoms with van der Waals surface area (Å²) in [7, 11) is 1.98. The summed E-state index contributed by atoms with van der Waals surface area (Å²) in [6.07, 6.45) is 1.62. The van der Waals surface area contributed by atoms with Gasteiger partial charge in [0.1, 0.15) is 4.88 Å². The molecule has 0 aromatic carbocycles. The molecule has 0 saturated heterocycles. The number of carboxylic acid groups (broad SMARTS) is 1. The van der Waals surface area contributed by atoms with E-state index in [0.717, 1.165) is 18.0 Å². The second kappa shape index (κ2) is 5.90. The predicted octanol–water partition coefficient (Wildman–Crippen LogP) is 3.66. The lowest BCUT2D eigenvalue weighted by Crippen LogP contribution is -2.39. The zero-order chi connectivity index (χ0) is 14.8. The molecule has 0 aliphatic rings. The molecule has 19 heavy (non-hydrogen) atoms. The summed E-state index contributed by atoms with van der Waals surface area (Å²) in [4.78, 5) is 18.2. The van der Waals surface area contributed by atoms with E-state index in [9.17, 15) is 9.90 Å². The van der Waals surface area contributed by atoms with Crippen LogP contribution in [0.25, 0.3) is 0 Å². The number of hydrogen-bond donors (Lipinski definition) is 1. The Morgan fingerprint density at radius 3 is 2.47 bits per heavy atom. The molecule has 0 fully saturated rings. The highest BCUT2D eigenvalue weighted by molar-refractivity contribution is 7.17. The number of aromatic nitrogens is 1. The fourth-order valence-electron chi connectivity index (χ4n) is 1.81. The highest BCUT2D eigenvalue weighted by atomic mass is 32.1. The first kappa shape index (κ1) is 16.0. The van der Waals surface area contributed by atoms with Crippen LogP contribution >= 0.6 is 11.3 Å². The number of rotatable bonds is 5. The SMILES string of the molecule is CCCc1nc(N(C)C(C)C(C)(C)C)sc1C(=O)O. The number of aryl methyl sites for hydroxylation is 1. The van der Waals surface area contributed by atoms with Gasteiger partial charge >= 0.3 is 5.97 Å². The van der Waals surface area contributed by atoms with Crippen molar-refractivity contribution in [3.05, 3.63) is 10.6 Å². The maximum Gasteiger partial charge on any atom is 0.347 e. The highest BCUT2D eigenvalue weighted by Crippen LogP contribution is 2.32. The van der Waals surface area contributed by atoms with Gasteiger partial charge in [0, 0.05) is 13.1 Å². The molecular weight excluding hydrogens is 260 g/mol. The summed E-state index contributed by atoms with van der Waals surface area (Å²) in [5, 5.41) is 10.0. The quantitative estimate of drug-likeness (QED) is 0.896. The molecule has 0 bridgehead atoms. The second-order valence-electron chi connectivity index (χ2n) is 5.98. The molecule has 1 aromatic heterocycles. The lowest BCUT2D eigenvalue weighted by atomic mass is 9.87. The molecule has 1 unspecified atom stereocenters. The summed E-state index contributed by atoms with van der Waals surface area (Å²) in [5.41, 5.74) is 0.831. The average Bonchev–Trinajstić information content (AvgIpc) is 2.70. The van der Waals surface area contributed by atoms with Gasteiger partial charge in [-0.2, -0.15) is 0 Å². The number of carboxylic acids is 1. The number of anilines is 1. The van der Waals surface area contributed by atoms with E-state index in [1.54, 1.807) is 0 Å². The van der Waals surface area contributed by atoms with Crippen LogP contribution in [0.3, 0.4) is 0 Å². The van der Waals surface area contributed by atoms with E-state index in [-0.39, 0.29) is 11.5 Å². The van der Waals surface area contributed by atoms with E-state index < -0.39 is 5.97 Å². The van der Waals surface area contributed by atoms with Crippen molar-refractivity contribution < 1.29 is 9.90 Å². The number of aromatic carboxylic acids is 1. The molecule has 0 aliphatic heterocycles. The van der Waals surface area contributed by atoms with E-state index in [1.165, 1.54) is 11.3 Å². The fraction of sp³-hybridized carbons (Fsp3) is 0.714. The minimum absolute atomic E-state index is 0.120. The van der Waals surface area contributed by atoms with Gasteiger partial charge in [-0.15, -0.1) is 0 Å². The lowest BCUT2D eigenvalue weighted by Gasteiger charge is -2.35. The Kier molecular flexibility index (Phi) is 4.96. The van der Waals surface area contributed by atoms with Crippen molar-refractivity contribution in [2.75, 3.05) is 11.9 Å². The highest BCUT2D eigenvalue weighted by Gasteiger charge is 2.27. The first-order valence-electron chi connectivity index (χ1n) is 6.64. The third-order valence-electron chi connectivity index (χ3n) is 3.50. The van der Waals surface area contributed by atoms with E-state index >= 15 is 0 Å². The van der Waals surface area contributed by atoms with Crippen LogP contribution in [0.4, 0.5) is 5.13 Å². The monoisotopic (exact) mass is 284 g/mol. The first-order valence-corrected chi connectivity index (χ1v) is 7.46. The Balaban J connectivity index is 3.08. The summed E-state index contributed by atoms with van der Waals surface area (Å²) in [6, 6.07) is 0.287. The van der Waals surface area contributed by atoms with Crippen LogP contribution in [-0.2, 0) is 6.42 Å². The Bertz CT molecular complexity index is 449. The minimum atomic E-state index is -0.871. The molecule has 1 heterocycles. The van der Waals surface area contributed by atoms with Gasteiger partial charge in [0.25, 0.3) is 0 Å². The van der Waals surface area contributed by atoms with E-state index in [2.05, 4.69) is 37.6 Å². The molecule has 0 aliphatic carbocycles. The standard InChI is InChI=1S/C14H24N2O2S/c1-7-8-10-11(12(17)18)19-13(15-10)16(6)9(2)14(3,4)5/h9H,7-8H2,1-6H3,(H,17,18). The van der Waals surface area contributed by atoms with Crippen LogP contribution < -0.4 is 4.90 Å². The Hall–Kier alpha value is -1.10. The molecule has 0 saturated carbocycles. The van der Waals surface area contributed by atoms with Gasteiger partial charge in [0.05, 0.1) is 5.69 Å². The molecule has 108 valence electrons. The van der Waals surface area contributed by atoms with Crippen LogP contribution in [-0.4, -0.2) is 29.1 Å². The van der Waals surface area contributed by atoms with Crippen molar-refractivity contribution in [1.82, 2.24) is 4.98 Å². The van der Waals surface area contributed by atoms with E-state index in [4.69, 9.17) is 0 Å². The topological polar surface area (TPSA) is 53.4 Å². The van der Waals surface area contributed by atoms with Crippen molar-refractivity contribution in [2.24, 2.45) is 5.41 Å². The normalized spacial score (nSPS) is 13.4. The molecule has 5 heteroatoms. The third kappa shape index (κ3) is 3.69. The lowest BCUT2D eigenvalue weighted by molar-refractivity contribution is 0.0700. The van der Waals surface area contributed by atoms with E-state index in [0.29, 0.717) is 10.6 Å². The van der Waals surface area contributed by atoms with Gasteiger partial charge in [-0.3, -0.25) is 0 Å². The zero-order valence-corrected chi connectivity index (χ0v) is 13.5. The van der Waals surface area contributed by atoms with Crippen molar-refractivity contribution in [2.45, 2.75) is 53.5 Å². The van der Waals surface area contributed by atoms with Crippen molar-refractivity contribution in [1.29, 1.82) is 0 Å². The molecule has 0 radical (unpaired) electrons. The first-order chi connectivity index (χ1) is 8.68. The van der Waals surface area contributed by atoms with Crippen LogP contribution in [0.5, 0.6) is 0 Å². The molecule has 0 amide bonds. The molecule has 4 nitrogen and oxygen atoms in total. The summed E-state index contributed by atoms with van der Waals surface area (Å²) in [5.74, 6) is -0.871. The van der Waals surface area contributed by atoms with Crippen LogP contribution in [0, 0.1) is 5.41 Å². The fourth-order valence-corrected chi connectivity index (χ4v) is 2.80. The average molecular weight is 284 g/mol. The van der Waals surface area contributed by atoms with Gasteiger partial charge < -0.3 is 10.0 Å². The van der Waals surface area contributed by atoms with Gasteiger partial charge in [-0.05, 0) is 18.8 Å². The minimum Gasteiger partial charge on any atom is -0.477 e. The largest absolute Gasteiger partial charge is 0.477 e. The van der Waals surface area contributed by atoms with Gasteiger partial charge in [0.15, 0.2) is 5.13 Å². The summed E-state index contributed by atoms with van der Waals surface area (Å²) < 4.78 is 0. The van der Waals surface area contributed by atoms with E-state index in [1.807, 2.05) is 14.0 Å². The van der Waals surface area contributed by atoms with Crippen molar-refractivity contribution in [3.63, 3.8) is 0 Å². The molecule has 1 N–H and O–H groups in total. The third-order valence-corrected chi connectivity index (χ3v) is 4.68. The van der Waals surface area contributed by atoms with Gasteiger partial charge in [0.2, 0.25) is 0 Å². The van der Waals surface area contributed by atoms with Crippen LogP contribution in [0.1, 0.15) is 56.4 Å². The second-order valence-corrected chi connectivity index (χ2v) is 6.96. The van der Waals surface area contributed by atoms with Crippen molar-refractivity contribution >= 4 is 22.4 Å². The maximum atomic E-state index is 11.3.